The molecule has 3 rings (SSSR count). The molecule has 0 unspecified atom stereocenters. The van der Waals surface area contributed by atoms with Crippen molar-refractivity contribution < 1.29 is 17.9 Å². The normalized spacial score (nSPS) is 13.4. The summed E-state index contributed by atoms with van der Waals surface area (Å²) in [5.74, 6) is -1.39. The molecule has 2 atom stereocenters. The van der Waals surface area contributed by atoms with Gasteiger partial charge in [0.15, 0.2) is 0 Å². The van der Waals surface area contributed by atoms with Gasteiger partial charge in [-0.05, 0) is 42.3 Å². The number of carbonyl (C=O) groups excluding carboxylic acids is 1. The van der Waals surface area contributed by atoms with Crippen molar-refractivity contribution in [2.24, 2.45) is 0 Å². The van der Waals surface area contributed by atoms with Crippen LogP contribution < -0.4 is 4.72 Å². The predicted octanol–water partition coefficient (Wildman–Crippen LogP) is 4.73. The molecule has 0 aliphatic carbocycles. The Labute approximate surface area is 185 Å². The van der Waals surface area contributed by atoms with E-state index in [0.717, 1.165) is 10.0 Å². The number of sulfonamides is 1. The average Bonchev–Trinajstić information content (AvgIpc) is 2.74. The first-order valence-corrected chi connectivity index (χ1v) is 11.6. The van der Waals surface area contributed by atoms with Gasteiger partial charge in [-0.1, -0.05) is 76.1 Å². The van der Waals surface area contributed by atoms with Crippen LogP contribution >= 0.6 is 15.9 Å². The maximum absolute atomic E-state index is 13.2. The Morgan fingerprint density at radius 1 is 0.900 bits per heavy atom. The third kappa shape index (κ3) is 5.16. The summed E-state index contributed by atoms with van der Waals surface area (Å²) >= 11 is 3.39. The Kier molecular flexibility index (Phi) is 7.07. The highest BCUT2D eigenvalue weighted by Crippen LogP contribution is 2.34. The number of benzene rings is 3. The van der Waals surface area contributed by atoms with Crippen LogP contribution in [0.3, 0.4) is 0 Å². The third-order valence-electron chi connectivity index (χ3n) is 4.79. The first-order valence-electron chi connectivity index (χ1n) is 9.29. The summed E-state index contributed by atoms with van der Waals surface area (Å²) < 4.78 is 35.0. The van der Waals surface area contributed by atoms with E-state index in [0.29, 0.717) is 11.1 Å². The predicted molar refractivity (Wildman–Crippen MR) is 120 cm³/mol. The van der Waals surface area contributed by atoms with Gasteiger partial charge in [0.1, 0.15) is 5.92 Å². The van der Waals surface area contributed by atoms with Gasteiger partial charge in [-0.25, -0.2) is 13.1 Å². The van der Waals surface area contributed by atoms with Gasteiger partial charge in [0, 0.05) is 4.47 Å². The maximum Gasteiger partial charge on any atom is 0.315 e. The van der Waals surface area contributed by atoms with Crippen LogP contribution in [0.5, 0.6) is 0 Å². The Balaban J connectivity index is 2.10. The molecule has 0 fully saturated rings. The minimum absolute atomic E-state index is 0.131. The van der Waals surface area contributed by atoms with E-state index in [1.807, 2.05) is 25.1 Å². The minimum Gasteiger partial charge on any atom is -0.468 e. The summed E-state index contributed by atoms with van der Waals surface area (Å²) in [6.45, 7) is 1.89. The van der Waals surface area contributed by atoms with Gasteiger partial charge in [-0.3, -0.25) is 4.79 Å². The third-order valence-corrected chi connectivity index (χ3v) is 6.78. The summed E-state index contributed by atoms with van der Waals surface area (Å²) in [6.07, 6.45) is 0. The molecule has 0 aromatic heterocycles. The molecule has 0 saturated carbocycles. The molecule has 0 aliphatic rings. The van der Waals surface area contributed by atoms with Crippen molar-refractivity contribution >= 4 is 31.9 Å². The zero-order valence-electron chi connectivity index (χ0n) is 16.6. The molecule has 3 aromatic carbocycles. The van der Waals surface area contributed by atoms with E-state index in [2.05, 4.69) is 20.7 Å². The molecule has 0 radical (unpaired) electrons. The Hall–Kier alpha value is -2.48. The number of methoxy groups -OCH3 is 1. The molecule has 156 valence electrons. The van der Waals surface area contributed by atoms with Crippen LogP contribution in [0, 0.1) is 6.92 Å². The van der Waals surface area contributed by atoms with Gasteiger partial charge in [0.2, 0.25) is 10.0 Å². The molecule has 30 heavy (non-hydrogen) atoms. The van der Waals surface area contributed by atoms with Crippen molar-refractivity contribution in [2.75, 3.05) is 7.11 Å². The van der Waals surface area contributed by atoms with Crippen LogP contribution in [0.2, 0.25) is 0 Å². The second-order valence-corrected chi connectivity index (χ2v) is 9.50. The molecule has 0 aliphatic heterocycles. The molecule has 0 heterocycles. The van der Waals surface area contributed by atoms with E-state index < -0.39 is 28.0 Å². The number of ether oxygens (including phenoxy) is 1. The Morgan fingerprint density at radius 3 is 2.07 bits per heavy atom. The second kappa shape index (κ2) is 9.55. The number of esters is 1. The topological polar surface area (TPSA) is 72.5 Å². The van der Waals surface area contributed by atoms with E-state index in [1.165, 1.54) is 7.11 Å². The van der Waals surface area contributed by atoms with Crippen LogP contribution in [-0.2, 0) is 19.6 Å². The lowest BCUT2D eigenvalue weighted by molar-refractivity contribution is -0.143. The SMILES string of the molecule is COC(=O)[C@@H](c1ccccc1)[C@@H](NS(=O)(=O)c1ccc(C)cc1)c1ccc(Br)cc1. The van der Waals surface area contributed by atoms with Crippen LogP contribution in [0.4, 0.5) is 0 Å². The number of nitrogens with one attached hydrogen (secondary N) is 1. The van der Waals surface area contributed by atoms with Crippen LogP contribution in [0.25, 0.3) is 0 Å². The van der Waals surface area contributed by atoms with E-state index >= 15 is 0 Å². The molecule has 0 amide bonds. The van der Waals surface area contributed by atoms with E-state index in [4.69, 9.17) is 4.74 Å². The van der Waals surface area contributed by atoms with Gasteiger partial charge in [0.25, 0.3) is 0 Å². The molecule has 0 spiro atoms. The number of carbonyl (C=O) groups is 1. The zero-order chi connectivity index (χ0) is 21.7. The number of halogens is 1. The highest BCUT2D eigenvalue weighted by Gasteiger charge is 2.35. The lowest BCUT2D eigenvalue weighted by atomic mass is 9.87. The summed E-state index contributed by atoms with van der Waals surface area (Å²) in [4.78, 5) is 12.9. The Morgan fingerprint density at radius 2 is 1.50 bits per heavy atom. The molecule has 0 saturated heterocycles. The molecular formula is C23H22BrNO4S. The van der Waals surface area contributed by atoms with Crippen LogP contribution in [-0.4, -0.2) is 21.5 Å². The minimum atomic E-state index is -3.90. The second-order valence-electron chi connectivity index (χ2n) is 6.88. The molecule has 7 heteroatoms. The van der Waals surface area contributed by atoms with Gasteiger partial charge >= 0.3 is 5.97 Å². The molecule has 1 N–H and O–H groups in total. The van der Waals surface area contributed by atoms with Crippen LogP contribution in [0.15, 0.2) is 88.2 Å². The lowest BCUT2D eigenvalue weighted by Gasteiger charge is -2.27. The van der Waals surface area contributed by atoms with Crippen molar-refractivity contribution in [3.05, 3.63) is 100 Å². The van der Waals surface area contributed by atoms with Crippen molar-refractivity contribution in [1.82, 2.24) is 4.72 Å². The Bertz CT molecular complexity index is 1100. The number of aryl methyl sites for hydroxylation is 1. The first kappa shape index (κ1) is 22.2. The van der Waals surface area contributed by atoms with Crippen molar-refractivity contribution in [3.8, 4) is 0 Å². The fourth-order valence-corrected chi connectivity index (χ4v) is 4.70. The monoisotopic (exact) mass is 487 g/mol. The van der Waals surface area contributed by atoms with E-state index in [9.17, 15) is 13.2 Å². The molecular weight excluding hydrogens is 466 g/mol. The fourth-order valence-electron chi connectivity index (χ4n) is 3.20. The fraction of sp³-hybridized carbons (Fsp3) is 0.174. The zero-order valence-corrected chi connectivity index (χ0v) is 19.0. The largest absolute Gasteiger partial charge is 0.468 e. The highest BCUT2D eigenvalue weighted by atomic mass is 79.9. The van der Waals surface area contributed by atoms with Gasteiger partial charge in [-0.15, -0.1) is 0 Å². The molecule has 3 aromatic rings. The molecule has 5 nitrogen and oxygen atoms in total. The lowest BCUT2D eigenvalue weighted by Crippen LogP contribution is -2.36. The summed E-state index contributed by atoms with van der Waals surface area (Å²) in [5.41, 5.74) is 2.26. The van der Waals surface area contributed by atoms with Gasteiger partial charge in [-0.2, -0.15) is 0 Å². The summed E-state index contributed by atoms with van der Waals surface area (Å²) in [6, 6.07) is 21.9. The molecule has 0 bridgehead atoms. The standard InChI is InChI=1S/C23H22BrNO4S/c1-16-8-14-20(15-9-16)30(27,28)25-22(18-10-12-19(24)13-11-18)21(23(26)29-2)17-6-4-3-5-7-17/h3-15,21-22,25H,1-2H3/t21-,22-/m0/s1. The average molecular weight is 488 g/mol. The van der Waals surface area contributed by atoms with Crippen molar-refractivity contribution in [3.63, 3.8) is 0 Å². The first-order chi connectivity index (χ1) is 14.3. The van der Waals surface area contributed by atoms with Crippen LogP contribution in [0.1, 0.15) is 28.7 Å². The summed E-state index contributed by atoms with van der Waals surface area (Å²) in [5, 5.41) is 0. The summed E-state index contributed by atoms with van der Waals surface area (Å²) in [7, 11) is -2.60. The van der Waals surface area contributed by atoms with Crippen molar-refractivity contribution in [2.45, 2.75) is 23.8 Å². The van der Waals surface area contributed by atoms with Crippen molar-refractivity contribution in [1.29, 1.82) is 0 Å². The van der Waals surface area contributed by atoms with Gasteiger partial charge in [0.05, 0.1) is 18.0 Å². The van der Waals surface area contributed by atoms with Gasteiger partial charge < -0.3 is 4.74 Å². The number of hydrogen-bond acceptors (Lipinski definition) is 4. The maximum atomic E-state index is 13.2. The number of hydrogen-bond donors (Lipinski definition) is 1. The highest BCUT2D eigenvalue weighted by molar-refractivity contribution is 9.10. The van der Waals surface area contributed by atoms with E-state index in [1.54, 1.807) is 60.7 Å². The quantitative estimate of drug-likeness (QED) is 0.488. The van der Waals surface area contributed by atoms with E-state index in [-0.39, 0.29) is 4.90 Å². The smallest absolute Gasteiger partial charge is 0.315 e. The number of rotatable bonds is 7.